The maximum Gasteiger partial charge on any atom is 0.308 e. The van der Waals surface area contributed by atoms with E-state index in [4.69, 9.17) is 4.74 Å². The molecule has 0 bridgehead atoms. The van der Waals surface area contributed by atoms with Crippen molar-refractivity contribution in [3.05, 3.63) is 34.3 Å². The Morgan fingerprint density at radius 2 is 2.05 bits per heavy atom. The Morgan fingerprint density at radius 1 is 1.35 bits per heavy atom. The molecule has 1 aliphatic rings. The molecule has 0 radical (unpaired) electrons. The summed E-state index contributed by atoms with van der Waals surface area (Å²) in [6.45, 7) is 2.19. The molecule has 0 saturated heterocycles. The zero-order valence-electron chi connectivity index (χ0n) is 12.1. The first-order valence-electron chi connectivity index (χ1n) is 7.19. The van der Waals surface area contributed by atoms with Gasteiger partial charge in [-0.2, -0.15) is 0 Å². The molecule has 1 atom stereocenters. The van der Waals surface area contributed by atoms with Crippen molar-refractivity contribution in [2.75, 3.05) is 7.11 Å². The quantitative estimate of drug-likeness (QED) is 0.847. The first-order chi connectivity index (χ1) is 9.60. The summed E-state index contributed by atoms with van der Waals surface area (Å²) in [6.07, 6.45) is 3.93. The van der Waals surface area contributed by atoms with Crippen molar-refractivity contribution in [1.29, 1.82) is 0 Å². The van der Waals surface area contributed by atoms with E-state index in [1.54, 1.807) is 0 Å². The Kier molecular flexibility index (Phi) is 5.61. The van der Waals surface area contributed by atoms with Crippen LogP contribution in [0.5, 0.6) is 0 Å². The number of nitrogens with one attached hydrogen (secondary N) is 1. The SMILES string of the molecule is COC(=O)C1CCC(NC(C)c2cccc(Br)c2)CC1. The van der Waals surface area contributed by atoms with E-state index in [2.05, 4.69) is 46.4 Å². The van der Waals surface area contributed by atoms with Crippen LogP contribution in [0.1, 0.15) is 44.2 Å². The highest BCUT2D eigenvalue weighted by atomic mass is 79.9. The molecule has 1 aliphatic carbocycles. The lowest BCUT2D eigenvalue weighted by Crippen LogP contribution is -2.36. The van der Waals surface area contributed by atoms with Gasteiger partial charge in [0.1, 0.15) is 0 Å². The molecular weight excluding hydrogens is 318 g/mol. The van der Waals surface area contributed by atoms with Crippen LogP contribution in [0, 0.1) is 5.92 Å². The van der Waals surface area contributed by atoms with Crippen LogP contribution >= 0.6 is 15.9 Å². The van der Waals surface area contributed by atoms with Gasteiger partial charge in [-0.05, 0) is 50.3 Å². The Labute approximate surface area is 129 Å². The third kappa shape index (κ3) is 4.06. The van der Waals surface area contributed by atoms with Gasteiger partial charge in [-0.1, -0.05) is 28.1 Å². The number of hydrogen-bond acceptors (Lipinski definition) is 3. The summed E-state index contributed by atoms with van der Waals surface area (Å²) in [5.74, 6) is 0.0442. The Hall–Kier alpha value is -0.870. The highest BCUT2D eigenvalue weighted by Crippen LogP contribution is 2.27. The molecule has 0 heterocycles. The summed E-state index contributed by atoms with van der Waals surface area (Å²) in [7, 11) is 1.47. The van der Waals surface area contributed by atoms with Gasteiger partial charge >= 0.3 is 5.97 Å². The van der Waals surface area contributed by atoms with Crippen LogP contribution in [0.15, 0.2) is 28.7 Å². The average Bonchev–Trinajstić information content (AvgIpc) is 2.47. The zero-order valence-corrected chi connectivity index (χ0v) is 13.7. The molecule has 1 fully saturated rings. The van der Waals surface area contributed by atoms with Crippen LogP contribution in [0.25, 0.3) is 0 Å². The molecule has 1 unspecified atom stereocenters. The minimum absolute atomic E-state index is 0.0523. The van der Waals surface area contributed by atoms with Crippen molar-refractivity contribution < 1.29 is 9.53 Å². The van der Waals surface area contributed by atoms with Crippen LogP contribution < -0.4 is 5.32 Å². The van der Waals surface area contributed by atoms with E-state index in [1.165, 1.54) is 12.7 Å². The van der Waals surface area contributed by atoms with Gasteiger partial charge < -0.3 is 10.1 Å². The van der Waals surface area contributed by atoms with E-state index in [9.17, 15) is 4.79 Å². The summed E-state index contributed by atoms with van der Waals surface area (Å²) >= 11 is 3.51. The van der Waals surface area contributed by atoms with Gasteiger partial charge in [0.05, 0.1) is 13.0 Å². The number of hydrogen-bond donors (Lipinski definition) is 1. The smallest absolute Gasteiger partial charge is 0.308 e. The topological polar surface area (TPSA) is 38.3 Å². The third-order valence-corrected chi connectivity index (χ3v) is 4.59. The molecule has 1 N–H and O–H groups in total. The number of ether oxygens (including phenoxy) is 1. The predicted molar refractivity (Wildman–Crippen MR) is 83.5 cm³/mol. The highest BCUT2D eigenvalue weighted by Gasteiger charge is 2.27. The van der Waals surface area contributed by atoms with E-state index in [0.29, 0.717) is 12.1 Å². The number of benzene rings is 1. The normalized spacial score (nSPS) is 24.1. The Morgan fingerprint density at radius 3 is 2.65 bits per heavy atom. The van der Waals surface area contributed by atoms with E-state index in [-0.39, 0.29) is 11.9 Å². The number of esters is 1. The molecule has 1 aromatic rings. The Bertz CT molecular complexity index is 456. The maximum absolute atomic E-state index is 11.5. The summed E-state index contributed by atoms with van der Waals surface area (Å²) < 4.78 is 5.93. The van der Waals surface area contributed by atoms with Gasteiger partial charge in [-0.25, -0.2) is 0 Å². The molecule has 4 heteroatoms. The van der Waals surface area contributed by atoms with Crippen LogP contribution in [-0.2, 0) is 9.53 Å². The lowest BCUT2D eigenvalue weighted by Gasteiger charge is -2.30. The van der Waals surface area contributed by atoms with Crippen LogP contribution in [0.3, 0.4) is 0 Å². The fourth-order valence-corrected chi connectivity index (χ4v) is 3.31. The second kappa shape index (κ2) is 7.23. The van der Waals surface area contributed by atoms with Gasteiger partial charge in [0.25, 0.3) is 0 Å². The third-order valence-electron chi connectivity index (χ3n) is 4.10. The van der Waals surface area contributed by atoms with Crippen LogP contribution in [0.2, 0.25) is 0 Å². The molecule has 0 aliphatic heterocycles. The molecule has 0 spiro atoms. The van der Waals surface area contributed by atoms with Crippen molar-refractivity contribution >= 4 is 21.9 Å². The molecule has 3 nitrogen and oxygen atoms in total. The summed E-state index contributed by atoms with van der Waals surface area (Å²) in [4.78, 5) is 11.5. The zero-order chi connectivity index (χ0) is 14.5. The van der Waals surface area contributed by atoms with E-state index in [0.717, 1.165) is 30.2 Å². The fourth-order valence-electron chi connectivity index (χ4n) is 2.89. The standard InChI is InChI=1S/C16H22BrNO2/c1-11(13-4-3-5-14(17)10-13)18-15-8-6-12(7-9-15)16(19)20-2/h3-5,10-12,15,18H,6-9H2,1-2H3. The lowest BCUT2D eigenvalue weighted by molar-refractivity contribution is -0.146. The van der Waals surface area contributed by atoms with Crippen molar-refractivity contribution in [2.45, 2.75) is 44.7 Å². The fraction of sp³-hybridized carbons (Fsp3) is 0.562. The largest absolute Gasteiger partial charge is 0.469 e. The van der Waals surface area contributed by atoms with Gasteiger partial charge in [0.15, 0.2) is 0 Å². The second-order valence-corrected chi connectivity index (χ2v) is 6.43. The van der Waals surface area contributed by atoms with Gasteiger partial charge in [-0.3, -0.25) is 4.79 Å². The van der Waals surface area contributed by atoms with Gasteiger partial charge in [0.2, 0.25) is 0 Å². The average molecular weight is 340 g/mol. The monoisotopic (exact) mass is 339 g/mol. The number of halogens is 1. The second-order valence-electron chi connectivity index (χ2n) is 5.52. The lowest BCUT2D eigenvalue weighted by atomic mass is 9.85. The molecule has 2 rings (SSSR count). The summed E-state index contributed by atoms with van der Waals surface area (Å²) in [6, 6.07) is 9.21. The van der Waals surface area contributed by atoms with Gasteiger partial charge in [0, 0.05) is 16.6 Å². The first kappa shape index (κ1) is 15.5. The van der Waals surface area contributed by atoms with Crippen molar-refractivity contribution in [3.63, 3.8) is 0 Å². The molecule has 110 valence electrons. The Balaban J connectivity index is 1.85. The first-order valence-corrected chi connectivity index (χ1v) is 7.98. The van der Waals surface area contributed by atoms with Crippen LogP contribution in [-0.4, -0.2) is 19.1 Å². The molecule has 0 amide bonds. The van der Waals surface area contributed by atoms with E-state index < -0.39 is 0 Å². The van der Waals surface area contributed by atoms with Gasteiger partial charge in [-0.15, -0.1) is 0 Å². The number of methoxy groups -OCH3 is 1. The predicted octanol–water partition coefficient (Wildman–Crippen LogP) is 3.83. The number of carbonyl (C=O) groups is 1. The number of carbonyl (C=O) groups excluding carboxylic acids is 1. The molecule has 1 saturated carbocycles. The van der Waals surface area contributed by atoms with Crippen molar-refractivity contribution in [2.24, 2.45) is 5.92 Å². The molecular formula is C16H22BrNO2. The molecule has 0 aromatic heterocycles. The van der Waals surface area contributed by atoms with Crippen molar-refractivity contribution in [3.8, 4) is 0 Å². The highest BCUT2D eigenvalue weighted by molar-refractivity contribution is 9.10. The minimum atomic E-state index is -0.0523. The van der Waals surface area contributed by atoms with E-state index in [1.807, 2.05) is 6.07 Å². The molecule has 1 aromatic carbocycles. The molecule has 20 heavy (non-hydrogen) atoms. The van der Waals surface area contributed by atoms with E-state index >= 15 is 0 Å². The maximum atomic E-state index is 11.5. The van der Waals surface area contributed by atoms with Crippen molar-refractivity contribution in [1.82, 2.24) is 5.32 Å². The van der Waals surface area contributed by atoms with Crippen LogP contribution in [0.4, 0.5) is 0 Å². The summed E-state index contributed by atoms with van der Waals surface area (Å²) in [5, 5.41) is 3.67. The minimum Gasteiger partial charge on any atom is -0.469 e. The summed E-state index contributed by atoms with van der Waals surface area (Å²) in [5.41, 5.74) is 1.29. The number of rotatable bonds is 4.